The number of carbonyl (C=O) groups is 2. The van der Waals surface area contributed by atoms with Gasteiger partial charge in [-0.15, -0.1) is 12.4 Å². The van der Waals surface area contributed by atoms with E-state index in [9.17, 15) is 9.59 Å². The highest BCUT2D eigenvalue weighted by molar-refractivity contribution is 5.97. The molecule has 1 rings (SSSR count). The summed E-state index contributed by atoms with van der Waals surface area (Å²) in [6.07, 6.45) is 1.34. The van der Waals surface area contributed by atoms with E-state index in [0.717, 1.165) is 0 Å². The molecule has 0 aromatic heterocycles. The number of esters is 1. The summed E-state index contributed by atoms with van der Waals surface area (Å²) >= 11 is 0. The average Bonchev–Trinajstić information content (AvgIpc) is 2.49. The molecule has 0 atom stereocenters. The second-order valence-electron chi connectivity index (χ2n) is 4.72. The smallest absolute Gasteiger partial charge is 0.337 e. The van der Waals surface area contributed by atoms with E-state index in [4.69, 9.17) is 5.73 Å². The first kappa shape index (κ1) is 19.4. The fourth-order valence-corrected chi connectivity index (χ4v) is 2.06. The maximum absolute atomic E-state index is 12.4. The molecule has 0 bridgehead atoms. The van der Waals surface area contributed by atoms with Crippen molar-refractivity contribution in [3.63, 3.8) is 0 Å². The van der Waals surface area contributed by atoms with Crippen LogP contribution in [0.15, 0.2) is 24.3 Å². The van der Waals surface area contributed by atoms with Crippen LogP contribution in [0.25, 0.3) is 0 Å². The number of nitrogens with two attached hydrogens (primary N) is 1. The predicted octanol–water partition coefficient (Wildman–Crippen LogP) is 2.60. The van der Waals surface area contributed by atoms with Gasteiger partial charge in [-0.2, -0.15) is 0 Å². The first-order valence-electron chi connectivity index (χ1n) is 6.73. The summed E-state index contributed by atoms with van der Waals surface area (Å²) in [5.74, 6) is -0.552. The molecule has 0 heterocycles. The van der Waals surface area contributed by atoms with Crippen molar-refractivity contribution in [2.45, 2.75) is 26.7 Å². The van der Waals surface area contributed by atoms with Gasteiger partial charge < -0.3 is 15.8 Å². The molecule has 3 N–H and O–H groups in total. The Kier molecular flexibility index (Phi) is 7.99. The fourth-order valence-electron chi connectivity index (χ4n) is 2.06. The van der Waals surface area contributed by atoms with Crippen molar-refractivity contribution in [3.8, 4) is 0 Å². The molecule has 0 radical (unpaired) electrons. The van der Waals surface area contributed by atoms with E-state index in [2.05, 4.69) is 10.1 Å². The Balaban J connectivity index is 0.00000400. The van der Waals surface area contributed by atoms with Gasteiger partial charge in [-0.1, -0.05) is 19.9 Å². The van der Waals surface area contributed by atoms with Crippen molar-refractivity contribution in [1.29, 1.82) is 0 Å². The summed E-state index contributed by atoms with van der Waals surface area (Å²) in [7, 11) is 1.32. The number of amides is 1. The van der Waals surface area contributed by atoms with Gasteiger partial charge in [-0.3, -0.25) is 4.79 Å². The summed E-state index contributed by atoms with van der Waals surface area (Å²) in [6, 6.07) is 6.66. The zero-order valence-electron chi connectivity index (χ0n) is 12.6. The monoisotopic (exact) mass is 314 g/mol. The van der Waals surface area contributed by atoms with Crippen molar-refractivity contribution >= 4 is 30.0 Å². The number of benzene rings is 1. The number of hydrogen-bond donors (Lipinski definition) is 2. The maximum Gasteiger partial charge on any atom is 0.337 e. The van der Waals surface area contributed by atoms with E-state index < -0.39 is 11.4 Å². The van der Waals surface area contributed by atoms with Crippen molar-refractivity contribution in [2.75, 3.05) is 19.0 Å². The largest absolute Gasteiger partial charge is 0.465 e. The number of carbonyl (C=O) groups excluding carboxylic acids is 2. The lowest BCUT2D eigenvalue weighted by Crippen LogP contribution is -2.41. The van der Waals surface area contributed by atoms with Crippen LogP contribution in [0.4, 0.5) is 5.69 Å². The van der Waals surface area contributed by atoms with Crippen LogP contribution in [0.5, 0.6) is 0 Å². The molecule has 21 heavy (non-hydrogen) atoms. The summed E-state index contributed by atoms with van der Waals surface area (Å²) in [4.78, 5) is 23.8. The van der Waals surface area contributed by atoms with Crippen molar-refractivity contribution < 1.29 is 14.3 Å². The van der Waals surface area contributed by atoms with Crippen LogP contribution in [-0.4, -0.2) is 25.5 Å². The zero-order chi connectivity index (χ0) is 15.2. The molecule has 0 saturated carbocycles. The average molecular weight is 315 g/mol. The van der Waals surface area contributed by atoms with E-state index in [0.29, 0.717) is 30.6 Å². The van der Waals surface area contributed by atoms with Gasteiger partial charge in [0.2, 0.25) is 5.91 Å². The maximum atomic E-state index is 12.4. The summed E-state index contributed by atoms with van der Waals surface area (Å²) < 4.78 is 4.66. The number of methoxy groups -OCH3 is 1. The molecule has 0 aliphatic heterocycles. The van der Waals surface area contributed by atoms with Crippen LogP contribution < -0.4 is 11.1 Å². The Morgan fingerprint density at radius 2 is 1.90 bits per heavy atom. The number of rotatable bonds is 6. The van der Waals surface area contributed by atoms with Gasteiger partial charge in [0.15, 0.2) is 0 Å². The molecule has 0 unspecified atom stereocenters. The van der Waals surface area contributed by atoms with Gasteiger partial charge in [0, 0.05) is 12.2 Å². The van der Waals surface area contributed by atoms with Crippen LogP contribution in [0.2, 0.25) is 0 Å². The van der Waals surface area contributed by atoms with Gasteiger partial charge in [-0.25, -0.2) is 4.79 Å². The molecule has 1 aromatic carbocycles. The minimum Gasteiger partial charge on any atom is -0.465 e. The molecular weight excluding hydrogens is 292 g/mol. The number of ether oxygens (including phenoxy) is 1. The van der Waals surface area contributed by atoms with E-state index in [1.807, 2.05) is 13.8 Å². The summed E-state index contributed by atoms with van der Waals surface area (Å²) in [6.45, 7) is 4.18. The SMILES string of the molecule is CCC(CC)(CN)C(=O)Nc1cccc(C(=O)OC)c1.Cl. The first-order chi connectivity index (χ1) is 9.52. The number of nitrogens with one attached hydrogen (secondary N) is 1. The molecule has 0 spiro atoms. The van der Waals surface area contributed by atoms with Gasteiger partial charge in [0.1, 0.15) is 0 Å². The predicted molar refractivity (Wildman–Crippen MR) is 85.7 cm³/mol. The van der Waals surface area contributed by atoms with E-state index in [1.54, 1.807) is 24.3 Å². The Bertz CT molecular complexity index is 479. The third-order valence-corrected chi connectivity index (χ3v) is 3.77. The summed E-state index contributed by atoms with van der Waals surface area (Å²) in [5, 5.41) is 2.83. The van der Waals surface area contributed by atoms with Crippen LogP contribution in [0, 0.1) is 5.41 Å². The van der Waals surface area contributed by atoms with E-state index in [-0.39, 0.29) is 18.3 Å². The lowest BCUT2D eigenvalue weighted by atomic mass is 9.81. The highest BCUT2D eigenvalue weighted by Gasteiger charge is 2.33. The molecule has 6 heteroatoms. The quantitative estimate of drug-likeness (QED) is 0.791. The number of anilines is 1. The molecule has 1 amide bonds. The van der Waals surface area contributed by atoms with Crippen LogP contribution in [-0.2, 0) is 9.53 Å². The normalized spacial score (nSPS) is 10.5. The van der Waals surface area contributed by atoms with E-state index in [1.165, 1.54) is 7.11 Å². The van der Waals surface area contributed by atoms with Gasteiger partial charge in [-0.05, 0) is 31.0 Å². The van der Waals surface area contributed by atoms with Crippen LogP contribution in [0.1, 0.15) is 37.0 Å². The molecule has 0 aliphatic rings. The third kappa shape index (κ3) is 4.44. The Hall–Kier alpha value is -1.59. The van der Waals surface area contributed by atoms with Crippen molar-refractivity contribution in [1.82, 2.24) is 0 Å². The lowest BCUT2D eigenvalue weighted by Gasteiger charge is -2.28. The number of hydrogen-bond acceptors (Lipinski definition) is 4. The van der Waals surface area contributed by atoms with Crippen molar-refractivity contribution in [2.24, 2.45) is 11.1 Å². The lowest BCUT2D eigenvalue weighted by molar-refractivity contribution is -0.125. The first-order valence-corrected chi connectivity index (χ1v) is 6.73. The Morgan fingerprint density at radius 1 is 1.29 bits per heavy atom. The second kappa shape index (κ2) is 8.64. The molecule has 1 aromatic rings. The zero-order valence-corrected chi connectivity index (χ0v) is 13.5. The minimum absolute atomic E-state index is 0. The Labute approximate surface area is 131 Å². The van der Waals surface area contributed by atoms with Gasteiger partial charge in [0.05, 0.1) is 18.1 Å². The molecule has 5 nitrogen and oxygen atoms in total. The highest BCUT2D eigenvalue weighted by atomic mass is 35.5. The molecular formula is C15H23ClN2O3. The van der Waals surface area contributed by atoms with Gasteiger partial charge >= 0.3 is 5.97 Å². The third-order valence-electron chi connectivity index (χ3n) is 3.77. The minimum atomic E-state index is -0.568. The van der Waals surface area contributed by atoms with Crippen LogP contribution in [0.3, 0.4) is 0 Å². The highest BCUT2D eigenvalue weighted by Crippen LogP contribution is 2.27. The van der Waals surface area contributed by atoms with Crippen molar-refractivity contribution in [3.05, 3.63) is 29.8 Å². The van der Waals surface area contributed by atoms with E-state index >= 15 is 0 Å². The second-order valence-corrected chi connectivity index (χ2v) is 4.72. The summed E-state index contributed by atoms with van der Waals surface area (Å²) in [5.41, 5.74) is 6.15. The van der Waals surface area contributed by atoms with Crippen LogP contribution >= 0.6 is 12.4 Å². The molecule has 0 aliphatic carbocycles. The standard InChI is InChI=1S/C15H22N2O3.ClH/c1-4-15(5-2,10-16)14(19)17-12-8-6-7-11(9-12)13(18)20-3;/h6-9H,4-5,10,16H2,1-3H3,(H,17,19);1H. The van der Waals surface area contributed by atoms with Gasteiger partial charge in [0.25, 0.3) is 0 Å². The molecule has 118 valence electrons. The molecule has 0 fully saturated rings. The topological polar surface area (TPSA) is 81.4 Å². The number of halogens is 1. The molecule has 0 saturated heterocycles. The Morgan fingerprint density at radius 3 is 2.38 bits per heavy atom. The fraction of sp³-hybridized carbons (Fsp3) is 0.467.